The van der Waals surface area contributed by atoms with Crippen LogP contribution in [0.15, 0.2) is 45.6 Å². The molecule has 0 fully saturated rings. The Morgan fingerprint density at radius 3 is 2.62 bits per heavy atom. The number of aromatic amines is 1. The summed E-state index contributed by atoms with van der Waals surface area (Å²) in [5, 5.41) is 0. The standard InChI is InChI=1S/C16H13NO4/c1-9-3-4-10(7-13(9)20-2)15(18)11-5-6-12-14(8-11)21-16(19)17-12/h3-8H,1-2H3,(H,17,19). The molecule has 0 bridgehead atoms. The SMILES string of the molecule is COc1cc(C(=O)c2ccc3[nH]c(=O)oc3c2)ccc1C. The van der Waals surface area contributed by atoms with Crippen LogP contribution in [0.2, 0.25) is 0 Å². The van der Waals surface area contributed by atoms with Gasteiger partial charge < -0.3 is 9.15 Å². The lowest BCUT2D eigenvalue weighted by Gasteiger charge is -2.07. The van der Waals surface area contributed by atoms with E-state index in [4.69, 9.17) is 9.15 Å². The number of benzene rings is 2. The summed E-state index contributed by atoms with van der Waals surface area (Å²) < 4.78 is 10.2. The van der Waals surface area contributed by atoms with Gasteiger partial charge in [-0.1, -0.05) is 12.1 Å². The molecule has 0 saturated heterocycles. The zero-order chi connectivity index (χ0) is 15.0. The van der Waals surface area contributed by atoms with E-state index in [1.165, 1.54) is 0 Å². The minimum absolute atomic E-state index is 0.154. The van der Waals surface area contributed by atoms with Gasteiger partial charge >= 0.3 is 5.76 Å². The molecule has 21 heavy (non-hydrogen) atoms. The molecular weight excluding hydrogens is 270 g/mol. The van der Waals surface area contributed by atoms with Gasteiger partial charge in [0.2, 0.25) is 0 Å². The Bertz CT molecular complexity index is 889. The quantitative estimate of drug-likeness (QED) is 0.750. The minimum Gasteiger partial charge on any atom is -0.496 e. The Hall–Kier alpha value is -2.82. The first-order chi connectivity index (χ1) is 10.1. The van der Waals surface area contributed by atoms with Crippen LogP contribution in [-0.4, -0.2) is 17.9 Å². The maximum Gasteiger partial charge on any atom is 0.417 e. The van der Waals surface area contributed by atoms with Crippen molar-refractivity contribution in [1.29, 1.82) is 0 Å². The van der Waals surface area contributed by atoms with Crippen LogP contribution in [0, 0.1) is 6.92 Å². The van der Waals surface area contributed by atoms with E-state index in [2.05, 4.69) is 4.98 Å². The molecule has 5 heteroatoms. The van der Waals surface area contributed by atoms with Crippen LogP contribution < -0.4 is 10.5 Å². The van der Waals surface area contributed by atoms with E-state index >= 15 is 0 Å². The number of aryl methyl sites for hydroxylation is 1. The molecule has 1 N–H and O–H groups in total. The van der Waals surface area contributed by atoms with Crippen LogP contribution in [0.1, 0.15) is 21.5 Å². The van der Waals surface area contributed by atoms with Crippen molar-refractivity contribution in [3.8, 4) is 5.75 Å². The summed E-state index contributed by atoms with van der Waals surface area (Å²) in [7, 11) is 1.57. The smallest absolute Gasteiger partial charge is 0.417 e. The first-order valence-corrected chi connectivity index (χ1v) is 6.40. The molecule has 0 aliphatic heterocycles. The number of fused-ring (bicyclic) bond motifs is 1. The highest BCUT2D eigenvalue weighted by Crippen LogP contribution is 2.22. The van der Waals surface area contributed by atoms with E-state index in [9.17, 15) is 9.59 Å². The highest BCUT2D eigenvalue weighted by molar-refractivity contribution is 6.10. The number of rotatable bonds is 3. The summed E-state index contributed by atoms with van der Waals surface area (Å²) in [6.07, 6.45) is 0. The van der Waals surface area contributed by atoms with Crippen LogP contribution in [0.25, 0.3) is 11.1 Å². The number of aromatic nitrogens is 1. The second-order valence-electron chi connectivity index (χ2n) is 4.74. The number of methoxy groups -OCH3 is 1. The van der Waals surface area contributed by atoms with Crippen molar-refractivity contribution in [2.24, 2.45) is 0 Å². The highest BCUT2D eigenvalue weighted by atomic mass is 16.5. The normalized spacial score (nSPS) is 10.8. The first-order valence-electron chi connectivity index (χ1n) is 6.40. The van der Waals surface area contributed by atoms with Gasteiger partial charge in [-0.3, -0.25) is 9.78 Å². The molecule has 0 spiro atoms. The van der Waals surface area contributed by atoms with E-state index in [-0.39, 0.29) is 5.78 Å². The van der Waals surface area contributed by atoms with Crippen molar-refractivity contribution in [2.75, 3.05) is 7.11 Å². The van der Waals surface area contributed by atoms with Gasteiger partial charge in [-0.2, -0.15) is 0 Å². The number of ketones is 1. The van der Waals surface area contributed by atoms with Gasteiger partial charge in [0.1, 0.15) is 5.75 Å². The Labute approximate surface area is 120 Å². The molecule has 0 atom stereocenters. The topological polar surface area (TPSA) is 72.3 Å². The van der Waals surface area contributed by atoms with Gasteiger partial charge in [-0.25, -0.2) is 4.79 Å². The summed E-state index contributed by atoms with van der Waals surface area (Å²) in [5.41, 5.74) is 2.87. The number of hydrogen-bond donors (Lipinski definition) is 1. The average Bonchev–Trinajstić information content (AvgIpc) is 2.86. The lowest BCUT2D eigenvalue weighted by atomic mass is 10.0. The molecule has 0 unspecified atom stereocenters. The van der Waals surface area contributed by atoms with E-state index in [1.807, 2.05) is 13.0 Å². The fourth-order valence-electron chi connectivity index (χ4n) is 2.21. The van der Waals surface area contributed by atoms with Gasteiger partial charge in [0, 0.05) is 11.1 Å². The summed E-state index contributed by atoms with van der Waals surface area (Å²) >= 11 is 0. The van der Waals surface area contributed by atoms with E-state index in [1.54, 1.807) is 37.4 Å². The van der Waals surface area contributed by atoms with Gasteiger partial charge in [-0.05, 0) is 36.8 Å². The monoisotopic (exact) mass is 283 g/mol. The van der Waals surface area contributed by atoms with Gasteiger partial charge in [0.25, 0.3) is 0 Å². The number of nitrogens with one attached hydrogen (secondary N) is 1. The molecule has 0 aliphatic carbocycles. The molecular formula is C16H13NO4. The summed E-state index contributed by atoms with van der Waals surface area (Å²) in [6, 6.07) is 10.1. The summed E-state index contributed by atoms with van der Waals surface area (Å²) in [5.74, 6) is -0.0271. The molecule has 1 heterocycles. The summed E-state index contributed by atoms with van der Waals surface area (Å²) in [4.78, 5) is 26.2. The number of ether oxygens (including phenoxy) is 1. The minimum atomic E-state index is -0.536. The largest absolute Gasteiger partial charge is 0.496 e. The van der Waals surface area contributed by atoms with Crippen molar-refractivity contribution < 1.29 is 13.9 Å². The molecule has 0 radical (unpaired) electrons. The van der Waals surface area contributed by atoms with E-state index in [0.717, 1.165) is 5.56 Å². The maximum atomic E-state index is 12.5. The Morgan fingerprint density at radius 1 is 1.14 bits per heavy atom. The Morgan fingerprint density at radius 2 is 1.86 bits per heavy atom. The van der Waals surface area contributed by atoms with Crippen LogP contribution in [-0.2, 0) is 0 Å². The summed E-state index contributed by atoms with van der Waals surface area (Å²) in [6.45, 7) is 1.91. The zero-order valence-corrected chi connectivity index (χ0v) is 11.6. The highest BCUT2D eigenvalue weighted by Gasteiger charge is 2.13. The maximum absolute atomic E-state index is 12.5. The van der Waals surface area contributed by atoms with Crippen LogP contribution >= 0.6 is 0 Å². The molecule has 106 valence electrons. The van der Waals surface area contributed by atoms with Crippen molar-refractivity contribution in [2.45, 2.75) is 6.92 Å². The third-order valence-corrected chi connectivity index (χ3v) is 3.35. The number of carbonyl (C=O) groups excluding carboxylic acids is 1. The van der Waals surface area contributed by atoms with Gasteiger partial charge in [0.15, 0.2) is 11.4 Å². The van der Waals surface area contributed by atoms with E-state index < -0.39 is 5.76 Å². The molecule has 3 aromatic rings. The second kappa shape index (κ2) is 4.94. The van der Waals surface area contributed by atoms with Crippen LogP contribution in [0.5, 0.6) is 5.75 Å². The van der Waals surface area contributed by atoms with E-state index in [0.29, 0.717) is 28.0 Å². The lowest BCUT2D eigenvalue weighted by molar-refractivity contribution is 0.103. The number of carbonyl (C=O) groups is 1. The van der Waals surface area contributed by atoms with Crippen molar-refractivity contribution in [1.82, 2.24) is 4.98 Å². The van der Waals surface area contributed by atoms with Crippen molar-refractivity contribution in [3.63, 3.8) is 0 Å². The van der Waals surface area contributed by atoms with Crippen molar-refractivity contribution >= 4 is 16.9 Å². The molecule has 3 rings (SSSR count). The van der Waals surface area contributed by atoms with Crippen LogP contribution in [0.3, 0.4) is 0 Å². The van der Waals surface area contributed by atoms with Crippen molar-refractivity contribution in [3.05, 3.63) is 63.6 Å². The molecule has 0 saturated carbocycles. The third-order valence-electron chi connectivity index (χ3n) is 3.35. The van der Waals surface area contributed by atoms with Gasteiger partial charge in [-0.15, -0.1) is 0 Å². The molecule has 5 nitrogen and oxygen atoms in total. The predicted molar refractivity (Wildman–Crippen MR) is 78.0 cm³/mol. The predicted octanol–water partition coefficient (Wildman–Crippen LogP) is 2.67. The first kappa shape index (κ1) is 13.2. The third kappa shape index (κ3) is 2.33. The molecule has 0 amide bonds. The number of oxazole rings is 1. The zero-order valence-electron chi connectivity index (χ0n) is 11.6. The molecule has 1 aromatic heterocycles. The lowest BCUT2D eigenvalue weighted by Crippen LogP contribution is -2.02. The van der Waals surface area contributed by atoms with Gasteiger partial charge in [0.05, 0.1) is 12.6 Å². The Kier molecular flexibility index (Phi) is 3.10. The van der Waals surface area contributed by atoms with Crippen LogP contribution in [0.4, 0.5) is 0 Å². The number of hydrogen-bond acceptors (Lipinski definition) is 4. The number of H-pyrrole nitrogens is 1. The fourth-order valence-corrected chi connectivity index (χ4v) is 2.21. The Balaban J connectivity index is 2.05. The molecule has 0 aliphatic rings. The average molecular weight is 283 g/mol. The molecule has 2 aromatic carbocycles. The fraction of sp³-hybridized carbons (Fsp3) is 0.125. The second-order valence-corrected chi connectivity index (χ2v) is 4.74.